The molecule has 2 aliphatic rings. The fraction of sp³-hybridized carbons (Fsp3) is 0.364. The zero-order valence-electron chi connectivity index (χ0n) is 16.7. The van der Waals surface area contributed by atoms with E-state index in [0.29, 0.717) is 15.8 Å². The lowest BCUT2D eigenvalue weighted by Crippen LogP contribution is -2.48. The molecular formula is C22H25Cl3N4O. The molecule has 0 radical (unpaired) electrons. The van der Waals surface area contributed by atoms with Crippen molar-refractivity contribution in [1.29, 1.82) is 0 Å². The van der Waals surface area contributed by atoms with Crippen molar-refractivity contribution in [1.82, 2.24) is 10.4 Å². The van der Waals surface area contributed by atoms with Gasteiger partial charge in [0.15, 0.2) is 0 Å². The quantitative estimate of drug-likeness (QED) is 0.665. The van der Waals surface area contributed by atoms with Crippen LogP contribution in [0.3, 0.4) is 0 Å². The third kappa shape index (κ3) is 4.75. The Labute approximate surface area is 193 Å². The van der Waals surface area contributed by atoms with E-state index in [0.717, 1.165) is 37.2 Å². The Balaban J connectivity index is 0.00000256. The average molecular weight is 468 g/mol. The Morgan fingerprint density at radius 1 is 1.07 bits per heavy atom. The number of benzene rings is 2. The maximum Gasteiger partial charge on any atom is 0.282 e. The van der Waals surface area contributed by atoms with Crippen molar-refractivity contribution in [2.45, 2.75) is 38.1 Å². The minimum absolute atomic E-state index is 0. The molecule has 160 valence electrons. The van der Waals surface area contributed by atoms with Crippen molar-refractivity contribution >= 4 is 52.9 Å². The summed E-state index contributed by atoms with van der Waals surface area (Å²) in [5.41, 5.74) is 5.36. The Bertz CT molecular complexity index is 916. The van der Waals surface area contributed by atoms with Gasteiger partial charge in [-0.25, -0.2) is 5.01 Å². The first-order valence-corrected chi connectivity index (χ1v) is 10.7. The molecule has 0 aliphatic carbocycles. The molecular weight excluding hydrogens is 443 g/mol. The van der Waals surface area contributed by atoms with Gasteiger partial charge in [-0.2, -0.15) is 5.10 Å². The van der Waals surface area contributed by atoms with E-state index in [-0.39, 0.29) is 30.3 Å². The summed E-state index contributed by atoms with van der Waals surface area (Å²) in [5, 5.41) is 9.65. The van der Waals surface area contributed by atoms with Crippen molar-refractivity contribution in [3.8, 4) is 0 Å². The van der Waals surface area contributed by atoms with Gasteiger partial charge in [0.1, 0.15) is 5.71 Å². The Morgan fingerprint density at radius 2 is 1.77 bits per heavy atom. The summed E-state index contributed by atoms with van der Waals surface area (Å²) in [7, 11) is 0. The van der Waals surface area contributed by atoms with Gasteiger partial charge >= 0.3 is 0 Å². The summed E-state index contributed by atoms with van der Waals surface area (Å²) in [4.78, 5) is 13.2. The van der Waals surface area contributed by atoms with Crippen LogP contribution >= 0.6 is 35.6 Å². The van der Waals surface area contributed by atoms with Crippen LogP contribution in [-0.4, -0.2) is 35.8 Å². The van der Waals surface area contributed by atoms with E-state index in [2.05, 4.69) is 12.3 Å². The van der Waals surface area contributed by atoms with Crippen molar-refractivity contribution in [2.24, 2.45) is 5.10 Å². The van der Waals surface area contributed by atoms with E-state index < -0.39 is 0 Å². The van der Waals surface area contributed by atoms with Crippen LogP contribution in [0.15, 0.2) is 53.6 Å². The predicted molar refractivity (Wildman–Crippen MR) is 126 cm³/mol. The number of halogens is 3. The SMILES string of the molecule is CC1C(c2ccccc2)C(C(=O)NN2CCCCC2)=NN1c1ccc(Cl)cc1Cl.Cl. The van der Waals surface area contributed by atoms with Gasteiger partial charge in [0, 0.05) is 18.1 Å². The number of amides is 1. The number of nitrogens with one attached hydrogen (secondary N) is 1. The Hall–Kier alpha value is -1.79. The van der Waals surface area contributed by atoms with E-state index >= 15 is 0 Å². The van der Waals surface area contributed by atoms with Crippen LogP contribution in [0.2, 0.25) is 10.0 Å². The third-order valence-corrected chi connectivity index (χ3v) is 6.08. The topological polar surface area (TPSA) is 47.9 Å². The lowest BCUT2D eigenvalue weighted by atomic mass is 9.88. The second kappa shape index (κ2) is 10.0. The molecule has 2 aromatic rings. The maximum atomic E-state index is 13.2. The van der Waals surface area contributed by atoms with Gasteiger partial charge in [-0.1, -0.05) is 60.0 Å². The summed E-state index contributed by atoms with van der Waals surface area (Å²) in [6.07, 6.45) is 3.40. The summed E-state index contributed by atoms with van der Waals surface area (Å²) in [6, 6.07) is 15.3. The average Bonchev–Trinajstić information content (AvgIpc) is 3.06. The molecule has 2 aromatic carbocycles. The molecule has 2 aliphatic heterocycles. The lowest BCUT2D eigenvalue weighted by Gasteiger charge is -2.28. The fourth-order valence-corrected chi connectivity index (χ4v) is 4.56. The van der Waals surface area contributed by atoms with Crippen LogP contribution in [0.1, 0.15) is 37.7 Å². The lowest BCUT2D eigenvalue weighted by molar-refractivity contribution is -0.119. The second-order valence-electron chi connectivity index (χ2n) is 7.54. The highest BCUT2D eigenvalue weighted by atomic mass is 35.5. The zero-order chi connectivity index (χ0) is 20.4. The smallest absolute Gasteiger partial charge is 0.282 e. The first kappa shape index (κ1) is 22.9. The second-order valence-corrected chi connectivity index (χ2v) is 8.39. The molecule has 30 heavy (non-hydrogen) atoms. The first-order valence-electron chi connectivity index (χ1n) is 9.98. The summed E-state index contributed by atoms with van der Waals surface area (Å²) in [5.74, 6) is -0.312. The van der Waals surface area contributed by atoms with Gasteiger partial charge in [-0.15, -0.1) is 12.4 Å². The molecule has 0 spiro atoms. The van der Waals surface area contributed by atoms with Crippen molar-refractivity contribution in [3.63, 3.8) is 0 Å². The van der Waals surface area contributed by atoms with Crippen LogP contribution in [0.4, 0.5) is 5.69 Å². The highest BCUT2D eigenvalue weighted by Crippen LogP contribution is 2.38. The van der Waals surface area contributed by atoms with Crippen LogP contribution in [-0.2, 0) is 4.79 Å². The van der Waals surface area contributed by atoms with Gasteiger partial charge in [-0.3, -0.25) is 15.2 Å². The molecule has 2 atom stereocenters. The number of rotatable bonds is 4. The largest absolute Gasteiger partial charge is 0.284 e. The number of hydrogen-bond donors (Lipinski definition) is 1. The van der Waals surface area contributed by atoms with E-state index in [1.165, 1.54) is 6.42 Å². The molecule has 0 saturated carbocycles. The number of carbonyl (C=O) groups is 1. The minimum Gasteiger partial charge on any atom is -0.284 e. The summed E-state index contributed by atoms with van der Waals surface area (Å²) < 4.78 is 0. The van der Waals surface area contributed by atoms with E-state index in [9.17, 15) is 4.79 Å². The normalized spacial score (nSPS) is 21.7. The monoisotopic (exact) mass is 466 g/mol. The molecule has 1 saturated heterocycles. The fourth-order valence-electron chi connectivity index (χ4n) is 4.07. The van der Waals surface area contributed by atoms with E-state index in [1.807, 2.05) is 46.4 Å². The number of piperidine rings is 1. The molecule has 2 heterocycles. The van der Waals surface area contributed by atoms with Gasteiger partial charge in [0.2, 0.25) is 0 Å². The number of hydrazine groups is 1. The Morgan fingerprint density at radius 3 is 2.43 bits per heavy atom. The number of hydrogen-bond acceptors (Lipinski definition) is 4. The number of hydrazone groups is 1. The van der Waals surface area contributed by atoms with Gasteiger partial charge in [0.25, 0.3) is 5.91 Å². The summed E-state index contributed by atoms with van der Waals surface area (Å²) >= 11 is 12.5. The molecule has 1 fully saturated rings. The van der Waals surface area contributed by atoms with Gasteiger partial charge < -0.3 is 0 Å². The van der Waals surface area contributed by atoms with E-state index in [4.69, 9.17) is 28.3 Å². The minimum atomic E-state index is -0.160. The highest BCUT2D eigenvalue weighted by molar-refractivity contribution is 6.42. The molecule has 2 unspecified atom stereocenters. The van der Waals surface area contributed by atoms with Crippen molar-refractivity contribution < 1.29 is 4.79 Å². The molecule has 1 amide bonds. The number of anilines is 1. The Kier molecular flexibility index (Phi) is 7.64. The molecule has 0 aromatic heterocycles. The number of nitrogens with zero attached hydrogens (tertiary/aromatic N) is 3. The maximum absolute atomic E-state index is 13.2. The van der Waals surface area contributed by atoms with Gasteiger partial charge in [-0.05, 0) is 43.5 Å². The standard InChI is InChI=1S/C22H24Cl2N4O.ClH/c1-15-20(16-8-4-2-5-9-16)21(22(29)26-27-12-6-3-7-13-27)25-28(15)19-11-10-17(23)14-18(19)24;/h2,4-5,8-11,14-15,20H,3,6-7,12-13H2,1H3,(H,26,29);1H. The predicted octanol–water partition coefficient (Wildman–Crippen LogP) is 5.28. The number of carbonyl (C=O) groups excluding carboxylic acids is 1. The van der Waals surface area contributed by atoms with Crippen LogP contribution in [0.5, 0.6) is 0 Å². The first-order chi connectivity index (χ1) is 14.0. The third-order valence-electron chi connectivity index (χ3n) is 5.54. The van der Waals surface area contributed by atoms with Crippen LogP contribution in [0.25, 0.3) is 0 Å². The zero-order valence-corrected chi connectivity index (χ0v) is 19.1. The van der Waals surface area contributed by atoms with Gasteiger partial charge in [0.05, 0.1) is 22.7 Å². The van der Waals surface area contributed by atoms with E-state index in [1.54, 1.807) is 12.1 Å². The summed E-state index contributed by atoms with van der Waals surface area (Å²) in [6.45, 7) is 3.81. The molecule has 5 nitrogen and oxygen atoms in total. The van der Waals surface area contributed by atoms with Crippen LogP contribution in [0, 0.1) is 0 Å². The van der Waals surface area contributed by atoms with Crippen molar-refractivity contribution in [2.75, 3.05) is 18.1 Å². The molecule has 1 N–H and O–H groups in total. The molecule has 0 bridgehead atoms. The van der Waals surface area contributed by atoms with Crippen LogP contribution < -0.4 is 10.4 Å². The van der Waals surface area contributed by atoms with Crippen molar-refractivity contribution in [3.05, 3.63) is 64.1 Å². The molecule has 4 rings (SSSR count). The molecule has 8 heteroatoms. The highest BCUT2D eigenvalue weighted by Gasteiger charge is 2.40.